The van der Waals surface area contributed by atoms with Crippen molar-refractivity contribution in [2.24, 2.45) is 10.7 Å². The summed E-state index contributed by atoms with van der Waals surface area (Å²) in [4.78, 5) is 49.2. The number of carbonyl (C=O) groups is 3. The van der Waals surface area contributed by atoms with Gasteiger partial charge in [-0.2, -0.15) is 0 Å². The second kappa shape index (κ2) is 6.95. The van der Waals surface area contributed by atoms with Gasteiger partial charge in [0.25, 0.3) is 5.91 Å². The number of fused-ring (bicyclic) bond motifs is 1. The lowest BCUT2D eigenvalue weighted by Gasteiger charge is -2.29. The van der Waals surface area contributed by atoms with Crippen LogP contribution in [0.1, 0.15) is 22.8 Å². The maximum absolute atomic E-state index is 13.0. The Morgan fingerprint density at radius 2 is 1.83 bits per heavy atom. The summed E-state index contributed by atoms with van der Waals surface area (Å²) in [6.07, 6.45) is 0. The van der Waals surface area contributed by atoms with Crippen molar-refractivity contribution in [1.82, 2.24) is 15.3 Å². The highest BCUT2D eigenvalue weighted by Gasteiger charge is 2.51. The number of nitrogens with two attached hydrogens (primary N) is 1. The maximum Gasteiger partial charge on any atom is 0.274 e. The Balaban J connectivity index is 1.75. The number of anilines is 1. The number of ketones is 1. The Labute approximate surface area is 165 Å². The number of rotatable bonds is 5. The standard InChI is InChI=1S/C20H18N6O3/c1-11(27)12-6-2-3-7-13(12)20(18(21)29)16(22-10-23-20)17(28)26-19-24-14-8-4-5-9-15(14)25-19/h2-9,23H,10H2,1H3,(H2,21,29)(H2,24,25,26,28). The Kier molecular flexibility index (Phi) is 4.44. The summed E-state index contributed by atoms with van der Waals surface area (Å²) in [5.74, 6) is -1.52. The molecule has 0 bridgehead atoms. The summed E-state index contributed by atoms with van der Waals surface area (Å²) in [6, 6.07) is 13.8. The second-order valence-electron chi connectivity index (χ2n) is 6.61. The highest BCUT2D eigenvalue weighted by molar-refractivity contribution is 6.50. The molecule has 0 saturated heterocycles. The Morgan fingerprint density at radius 3 is 2.55 bits per heavy atom. The predicted octanol–water partition coefficient (Wildman–Crippen LogP) is 1.09. The second-order valence-corrected chi connectivity index (χ2v) is 6.61. The fraction of sp³-hybridized carbons (Fsp3) is 0.150. The van der Waals surface area contributed by atoms with E-state index in [0.29, 0.717) is 5.52 Å². The van der Waals surface area contributed by atoms with Crippen molar-refractivity contribution in [3.05, 3.63) is 59.7 Å². The number of primary amides is 1. The molecule has 2 aromatic carbocycles. The number of aliphatic imine (C=N–C) groups is 1. The van der Waals surface area contributed by atoms with Crippen LogP contribution in [0.25, 0.3) is 11.0 Å². The molecule has 1 atom stereocenters. The number of para-hydroxylation sites is 2. The van der Waals surface area contributed by atoms with Crippen LogP contribution in [0, 0.1) is 0 Å². The minimum Gasteiger partial charge on any atom is -0.367 e. The third kappa shape index (κ3) is 2.97. The molecular weight excluding hydrogens is 372 g/mol. The van der Waals surface area contributed by atoms with E-state index in [1.807, 2.05) is 18.2 Å². The van der Waals surface area contributed by atoms with Gasteiger partial charge in [-0.15, -0.1) is 0 Å². The van der Waals surface area contributed by atoms with E-state index in [4.69, 9.17) is 5.73 Å². The molecule has 0 radical (unpaired) electrons. The summed E-state index contributed by atoms with van der Waals surface area (Å²) >= 11 is 0. The summed E-state index contributed by atoms with van der Waals surface area (Å²) in [7, 11) is 0. The number of imidazole rings is 1. The van der Waals surface area contributed by atoms with Gasteiger partial charge in [0.15, 0.2) is 11.3 Å². The third-order valence-corrected chi connectivity index (χ3v) is 4.85. The molecule has 3 aromatic rings. The third-order valence-electron chi connectivity index (χ3n) is 4.85. The molecule has 9 heteroatoms. The van der Waals surface area contributed by atoms with E-state index in [1.54, 1.807) is 30.3 Å². The molecule has 9 nitrogen and oxygen atoms in total. The van der Waals surface area contributed by atoms with Crippen molar-refractivity contribution >= 4 is 40.3 Å². The SMILES string of the molecule is CC(=O)c1ccccc1C1(C(N)=O)NCN=C1C(=O)Nc1nc2ccccc2[nH]1. The molecule has 1 aliphatic heterocycles. The highest BCUT2D eigenvalue weighted by atomic mass is 16.2. The van der Waals surface area contributed by atoms with Crippen molar-refractivity contribution in [2.45, 2.75) is 12.5 Å². The van der Waals surface area contributed by atoms with E-state index in [0.717, 1.165) is 5.52 Å². The molecule has 1 aliphatic rings. The number of amides is 2. The first-order valence-corrected chi connectivity index (χ1v) is 8.90. The molecule has 0 aliphatic carbocycles. The van der Waals surface area contributed by atoms with Gasteiger partial charge in [0, 0.05) is 5.56 Å². The number of aromatic amines is 1. The molecule has 5 N–H and O–H groups in total. The molecule has 0 spiro atoms. The van der Waals surface area contributed by atoms with E-state index >= 15 is 0 Å². The van der Waals surface area contributed by atoms with E-state index in [1.165, 1.54) is 6.92 Å². The molecule has 29 heavy (non-hydrogen) atoms. The summed E-state index contributed by atoms with van der Waals surface area (Å²) in [6.45, 7) is 1.38. The number of carbonyl (C=O) groups excluding carboxylic acids is 3. The van der Waals surface area contributed by atoms with Crippen molar-refractivity contribution in [3.63, 3.8) is 0 Å². The highest BCUT2D eigenvalue weighted by Crippen LogP contribution is 2.30. The van der Waals surface area contributed by atoms with E-state index in [-0.39, 0.29) is 35.2 Å². The molecular formula is C20H18N6O3. The molecule has 0 fully saturated rings. The molecule has 2 amide bonds. The number of benzene rings is 2. The minimum atomic E-state index is -1.72. The number of nitrogens with one attached hydrogen (secondary N) is 3. The number of hydrogen-bond acceptors (Lipinski definition) is 6. The summed E-state index contributed by atoms with van der Waals surface area (Å²) in [5, 5.41) is 5.53. The largest absolute Gasteiger partial charge is 0.367 e. The van der Waals surface area contributed by atoms with Crippen molar-refractivity contribution < 1.29 is 14.4 Å². The maximum atomic E-state index is 13.0. The molecule has 2 heterocycles. The van der Waals surface area contributed by atoms with Gasteiger partial charge in [-0.25, -0.2) is 4.98 Å². The molecule has 1 aromatic heterocycles. The van der Waals surface area contributed by atoms with Crippen LogP contribution in [0.5, 0.6) is 0 Å². The van der Waals surface area contributed by atoms with Crippen LogP contribution in [0.15, 0.2) is 53.5 Å². The molecule has 146 valence electrons. The summed E-state index contributed by atoms with van der Waals surface area (Å²) < 4.78 is 0. The van der Waals surface area contributed by atoms with Crippen LogP contribution in [0.2, 0.25) is 0 Å². The molecule has 0 saturated carbocycles. The van der Waals surface area contributed by atoms with Gasteiger partial charge in [0.2, 0.25) is 11.9 Å². The lowest BCUT2D eigenvalue weighted by atomic mass is 9.81. The van der Waals surface area contributed by atoms with Gasteiger partial charge in [0.05, 0.1) is 17.7 Å². The zero-order valence-electron chi connectivity index (χ0n) is 15.5. The summed E-state index contributed by atoms with van der Waals surface area (Å²) in [5.41, 5.74) is 5.87. The number of H-pyrrole nitrogens is 1. The van der Waals surface area contributed by atoms with Gasteiger partial charge in [-0.05, 0) is 24.6 Å². The molecule has 4 rings (SSSR count). The fourth-order valence-corrected chi connectivity index (χ4v) is 3.54. The van der Waals surface area contributed by atoms with Crippen LogP contribution in [0.3, 0.4) is 0 Å². The van der Waals surface area contributed by atoms with Gasteiger partial charge < -0.3 is 10.7 Å². The lowest BCUT2D eigenvalue weighted by molar-refractivity contribution is -0.123. The van der Waals surface area contributed by atoms with E-state index < -0.39 is 17.4 Å². The van der Waals surface area contributed by atoms with Crippen molar-refractivity contribution in [3.8, 4) is 0 Å². The first-order chi connectivity index (χ1) is 13.9. The van der Waals surface area contributed by atoms with Crippen LogP contribution in [-0.4, -0.2) is 39.9 Å². The fourth-order valence-electron chi connectivity index (χ4n) is 3.54. The van der Waals surface area contributed by atoms with Crippen molar-refractivity contribution in [1.29, 1.82) is 0 Å². The van der Waals surface area contributed by atoms with Crippen molar-refractivity contribution in [2.75, 3.05) is 12.0 Å². The Morgan fingerprint density at radius 1 is 1.10 bits per heavy atom. The van der Waals surface area contributed by atoms with Crippen LogP contribution < -0.4 is 16.4 Å². The van der Waals surface area contributed by atoms with Gasteiger partial charge >= 0.3 is 0 Å². The smallest absolute Gasteiger partial charge is 0.274 e. The zero-order chi connectivity index (χ0) is 20.6. The zero-order valence-corrected chi connectivity index (χ0v) is 15.5. The predicted molar refractivity (Wildman–Crippen MR) is 107 cm³/mol. The van der Waals surface area contributed by atoms with Gasteiger partial charge in [-0.3, -0.25) is 30.0 Å². The number of hydrogen-bond donors (Lipinski definition) is 4. The topological polar surface area (TPSA) is 142 Å². The van der Waals surface area contributed by atoms with Gasteiger partial charge in [-0.1, -0.05) is 36.4 Å². The average molecular weight is 390 g/mol. The van der Waals surface area contributed by atoms with Crippen LogP contribution in [-0.2, 0) is 15.1 Å². The monoisotopic (exact) mass is 390 g/mol. The quantitative estimate of drug-likeness (QED) is 0.482. The Bertz CT molecular complexity index is 1150. The molecule has 1 unspecified atom stereocenters. The lowest BCUT2D eigenvalue weighted by Crippen LogP contribution is -2.58. The minimum absolute atomic E-state index is 0.00192. The number of aromatic nitrogens is 2. The van der Waals surface area contributed by atoms with E-state index in [2.05, 4.69) is 25.6 Å². The number of nitrogens with zero attached hydrogens (tertiary/aromatic N) is 2. The number of Topliss-reactive ketones (excluding diaryl/α,β-unsaturated/α-hetero) is 1. The Hall–Kier alpha value is -3.85. The van der Waals surface area contributed by atoms with E-state index in [9.17, 15) is 14.4 Å². The first-order valence-electron chi connectivity index (χ1n) is 8.90. The van der Waals surface area contributed by atoms with Gasteiger partial charge in [0.1, 0.15) is 5.71 Å². The van der Waals surface area contributed by atoms with Crippen LogP contribution >= 0.6 is 0 Å². The average Bonchev–Trinajstić information content (AvgIpc) is 3.32. The normalized spacial score (nSPS) is 18.4. The van der Waals surface area contributed by atoms with Crippen LogP contribution in [0.4, 0.5) is 5.95 Å². The first kappa shape index (κ1) is 18.5.